The molecule has 1 aromatic heterocycles. The van der Waals surface area contributed by atoms with Gasteiger partial charge in [0.1, 0.15) is 5.75 Å². The van der Waals surface area contributed by atoms with E-state index in [1.165, 1.54) is 17.7 Å². The molecule has 0 aliphatic carbocycles. The SMILES string of the molecule is CCCC(C)COc1ccsc1C(C)S. The van der Waals surface area contributed by atoms with Gasteiger partial charge in [-0.25, -0.2) is 0 Å². The van der Waals surface area contributed by atoms with Crippen molar-refractivity contribution in [1.29, 1.82) is 0 Å². The van der Waals surface area contributed by atoms with E-state index in [1.54, 1.807) is 11.3 Å². The third kappa shape index (κ3) is 4.07. The molecule has 0 aromatic carbocycles. The lowest BCUT2D eigenvalue weighted by Crippen LogP contribution is -2.08. The molecule has 2 atom stereocenters. The highest BCUT2D eigenvalue weighted by Gasteiger charge is 2.11. The number of hydrogen-bond donors (Lipinski definition) is 1. The molecule has 1 heterocycles. The molecule has 0 aliphatic heterocycles. The fourth-order valence-corrected chi connectivity index (χ4v) is 2.63. The lowest BCUT2D eigenvalue weighted by atomic mass is 10.1. The van der Waals surface area contributed by atoms with Crippen LogP contribution in [-0.4, -0.2) is 6.61 Å². The summed E-state index contributed by atoms with van der Waals surface area (Å²) in [6, 6.07) is 2.05. The number of rotatable bonds is 6. The lowest BCUT2D eigenvalue weighted by Gasteiger charge is -2.13. The molecule has 1 rings (SSSR count). The van der Waals surface area contributed by atoms with Gasteiger partial charge in [0, 0.05) is 5.25 Å². The van der Waals surface area contributed by atoms with E-state index in [4.69, 9.17) is 4.74 Å². The highest BCUT2D eigenvalue weighted by Crippen LogP contribution is 2.34. The van der Waals surface area contributed by atoms with Gasteiger partial charge in [0.2, 0.25) is 0 Å². The molecule has 0 radical (unpaired) electrons. The Morgan fingerprint density at radius 1 is 1.47 bits per heavy atom. The monoisotopic (exact) mass is 244 g/mol. The van der Waals surface area contributed by atoms with E-state index in [0.717, 1.165) is 12.4 Å². The highest BCUT2D eigenvalue weighted by atomic mass is 32.1. The van der Waals surface area contributed by atoms with Gasteiger partial charge in [0.05, 0.1) is 11.5 Å². The van der Waals surface area contributed by atoms with Crippen molar-refractivity contribution in [3.63, 3.8) is 0 Å². The molecule has 0 saturated carbocycles. The second-order valence-corrected chi connectivity index (χ2v) is 5.75. The van der Waals surface area contributed by atoms with E-state index in [-0.39, 0.29) is 5.25 Å². The van der Waals surface area contributed by atoms with Crippen molar-refractivity contribution in [1.82, 2.24) is 0 Å². The van der Waals surface area contributed by atoms with Gasteiger partial charge in [0.25, 0.3) is 0 Å². The molecule has 15 heavy (non-hydrogen) atoms. The van der Waals surface area contributed by atoms with Crippen LogP contribution < -0.4 is 4.74 Å². The van der Waals surface area contributed by atoms with Gasteiger partial charge < -0.3 is 4.74 Å². The first-order valence-corrected chi connectivity index (χ1v) is 6.93. The molecule has 0 bridgehead atoms. The van der Waals surface area contributed by atoms with Crippen molar-refractivity contribution in [2.45, 2.75) is 38.9 Å². The van der Waals surface area contributed by atoms with E-state index >= 15 is 0 Å². The minimum atomic E-state index is 0.265. The minimum Gasteiger partial charge on any atom is -0.492 e. The fourth-order valence-electron chi connectivity index (χ4n) is 1.54. The largest absolute Gasteiger partial charge is 0.492 e. The van der Waals surface area contributed by atoms with Crippen LogP contribution in [0.25, 0.3) is 0 Å². The molecule has 0 fully saturated rings. The smallest absolute Gasteiger partial charge is 0.134 e. The molecule has 0 aliphatic rings. The topological polar surface area (TPSA) is 9.23 Å². The van der Waals surface area contributed by atoms with Crippen LogP contribution in [0.15, 0.2) is 11.4 Å². The Hall–Kier alpha value is -0.150. The minimum absolute atomic E-state index is 0.265. The molecule has 2 unspecified atom stereocenters. The van der Waals surface area contributed by atoms with Gasteiger partial charge in [-0.1, -0.05) is 20.3 Å². The van der Waals surface area contributed by atoms with Crippen LogP contribution in [0, 0.1) is 5.92 Å². The van der Waals surface area contributed by atoms with Gasteiger partial charge >= 0.3 is 0 Å². The zero-order valence-corrected chi connectivity index (χ0v) is 11.4. The number of thiol groups is 1. The second-order valence-electron chi connectivity index (χ2n) is 4.03. The maximum Gasteiger partial charge on any atom is 0.134 e. The summed E-state index contributed by atoms with van der Waals surface area (Å²) in [6.45, 7) is 7.34. The van der Waals surface area contributed by atoms with Crippen LogP contribution in [0.4, 0.5) is 0 Å². The summed E-state index contributed by atoms with van der Waals surface area (Å²) in [6.07, 6.45) is 2.46. The van der Waals surface area contributed by atoms with Gasteiger partial charge in [-0.3, -0.25) is 0 Å². The normalized spacial score (nSPS) is 14.9. The number of hydrogen-bond acceptors (Lipinski definition) is 3. The molecule has 0 N–H and O–H groups in total. The van der Waals surface area contributed by atoms with E-state index < -0.39 is 0 Å². The summed E-state index contributed by atoms with van der Waals surface area (Å²) in [5.74, 6) is 1.66. The van der Waals surface area contributed by atoms with Crippen LogP contribution in [-0.2, 0) is 0 Å². The zero-order valence-electron chi connectivity index (χ0n) is 9.69. The predicted molar refractivity (Wildman–Crippen MR) is 71.3 cm³/mol. The molecule has 0 saturated heterocycles. The van der Waals surface area contributed by atoms with E-state index in [1.807, 2.05) is 6.07 Å². The zero-order chi connectivity index (χ0) is 11.3. The number of thiophene rings is 1. The van der Waals surface area contributed by atoms with Gasteiger partial charge in [-0.15, -0.1) is 11.3 Å². The summed E-state index contributed by atoms with van der Waals surface area (Å²) in [4.78, 5) is 1.24. The average Bonchev–Trinajstić information content (AvgIpc) is 2.63. The van der Waals surface area contributed by atoms with Gasteiger partial charge in [-0.05, 0) is 30.7 Å². The van der Waals surface area contributed by atoms with Crippen LogP contribution in [0.3, 0.4) is 0 Å². The van der Waals surface area contributed by atoms with Crippen LogP contribution in [0.1, 0.15) is 43.7 Å². The molecule has 0 spiro atoms. The summed E-state index contributed by atoms with van der Waals surface area (Å²) in [5.41, 5.74) is 0. The van der Waals surface area contributed by atoms with Crippen molar-refractivity contribution in [3.05, 3.63) is 16.3 Å². The summed E-state index contributed by atoms with van der Waals surface area (Å²) in [7, 11) is 0. The van der Waals surface area contributed by atoms with Crippen molar-refractivity contribution >= 4 is 24.0 Å². The third-order valence-electron chi connectivity index (χ3n) is 2.34. The Balaban J connectivity index is 2.46. The Morgan fingerprint density at radius 3 is 2.80 bits per heavy atom. The summed E-state index contributed by atoms with van der Waals surface area (Å²) >= 11 is 6.16. The lowest BCUT2D eigenvalue weighted by molar-refractivity contribution is 0.250. The summed E-state index contributed by atoms with van der Waals surface area (Å²) in [5, 5.41) is 2.34. The Bertz CT molecular complexity index is 281. The third-order valence-corrected chi connectivity index (χ3v) is 3.86. The van der Waals surface area contributed by atoms with Crippen molar-refractivity contribution < 1.29 is 4.74 Å². The Kier molecular flexibility index (Phi) is 5.54. The first-order chi connectivity index (χ1) is 7.15. The first kappa shape index (κ1) is 12.9. The van der Waals surface area contributed by atoms with E-state index in [2.05, 4.69) is 38.8 Å². The van der Waals surface area contributed by atoms with Crippen LogP contribution >= 0.6 is 24.0 Å². The average molecular weight is 244 g/mol. The Labute approximate surface area is 102 Å². The maximum atomic E-state index is 5.81. The predicted octanol–water partition coefficient (Wildman–Crippen LogP) is 4.55. The molecular weight excluding hydrogens is 224 g/mol. The maximum absolute atomic E-state index is 5.81. The summed E-state index contributed by atoms with van der Waals surface area (Å²) < 4.78 is 5.81. The van der Waals surface area contributed by atoms with Crippen molar-refractivity contribution in [2.24, 2.45) is 5.92 Å². The van der Waals surface area contributed by atoms with Crippen LogP contribution in [0.5, 0.6) is 5.75 Å². The highest BCUT2D eigenvalue weighted by molar-refractivity contribution is 7.80. The molecule has 1 aromatic rings. The van der Waals surface area contributed by atoms with Crippen molar-refractivity contribution in [2.75, 3.05) is 6.61 Å². The quantitative estimate of drug-likeness (QED) is 0.722. The van der Waals surface area contributed by atoms with Crippen LogP contribution in [0.2, 0.25) is 0 Å². The van der Waals surface area contributed by atoms with E-state index in [9.17, 15) is 0 Å². The second kappa shape index (κ2) is 6.44. The molecular formula is C12H20OS2. The molecule has 1 nitrogen and oxygen atoms in total. The van der Waals surface area contributed by atoms with Gasteiger partial charge in [-0.2, -0.15) is 12.6 Å². The van der Waals surface area contributed by atoms with Crippen molar-refractivity contribution in [3.8, 4) is 5.75 Å². The van der Waals surface area contributed by atoms with E-state index in [0.29, 0.717) is 5.92 Å². The first-order valence-electron chi connectivity index (χ1n) is 5.53. The number of ether oxygens (including phenoxy) is 1. The molecule has 86 valence electrons. The standard InChI is InChI=1S/C12H20OS2/c1-4-5-9(2)8-13-11-6-7-15-12(11)10(3)14/h6-7,9-10,14H,4-5,8H2,1-3H3. The van der Waals surface area contributed by atoms with Gasteiger partial charge in [0.15, 0.2) is 0 Å². The molecule has 3 heteroatoms. The Morgan fingerprint density at radius 2 is 2.20 bits per heavy atom. The fraction of sp³-hybridized carbons (Fsp3) is 0.667. The molecule has 0 amide bonds.